The zero-order valence-corrected chi connectivity index (χ0v) is 11.2. The van der Waals surface area contributed by atoms with Crippen molar-refractivity contribution >= 4 is 34.9 Å². The van der Waals surface area contributed by atoms with Crippen LogP contribution in [0.1, 0.15) is 0 Å². The Bertz CT molecular complexity index is 529. The van der Waals surface area contributed by atoms with Gasteiger partial charge in [0.1, 0.15) is 0 Å². The van der Waals surface area contributed by atoms with Gasteiger partial charge in [-0.1, -0.05) is 0 Å². The molecule has 0 saturated carbocycles. The average molecular weight is 278 g/mol. The number of anilines is 2. The van der Waals surface area contributed by atoms with Crippen LogP contribution in [0.15, 0.2) is 45.5 Å². The topological polar surface area (TPSA) is 104 Å². The highest BCUT2D eigenvalue weighted by Gasteiger charge is 2.30. The lowest BCUT2D eigenvalue weighted by Gasteiger charge is -2.31. The molecule has 1 aromatic rings. The summed E-state index contributed by atoms with van der Waals surface area (Å²) in [5.41, 5.74) is 26.0. The Morgan fingerprint density at radius 2 is 1.11 bits per heavy atom. The summed E-state index contributed by atoms with van der Waals surface area (Å²) < 4.78 is 0. The third kappa shape index (κ3) is 1.81. The van der Waals surface area contributed by atoms with Crippen LogP contribution in [0.3, 0.4) is 0 Å². The molecule has 1 aromatic carbocycles. The highest BCUT2D eigenvalue weighted by Crippen LogP contribution is 2.49. The molecule has 94 valence electrons. The van der Waals surface area contributed by atoms with E-state index in [0.717, 1.165) is 9.79 Å². The van der Waals surface area contributed by atoms with Gasteiger partial charge in [0.2, 0.25) is 0 Å². The van der Waals surface area contributed by atoms with Crippen molar-refractivity contribution < 1.29 is 0 Å². The zero-order chi connectivity index (χ0) is 12.9. The monoisotopic (exact) mass is 278 g/mol. The number of nitrogen functional groups attached to an aromatic ring is 2. The van der Waals surface area contributed by atoms with E-state index in [2.05, 4.69) is 0 Å². The van der Waals surface area contributed by atoms with Crippen LogP contribution in [0.4, 0.5) is 11.4 Å². The molecule has 0 fully saturated rings. The van der Waals surface area contributed by atoms with Crippen molar-refractivity contribution in [3.05, 3.63) is 35.7 Å². The molecule has 0 radical (unpaired) electrons. The van der Waals surface area contributed by atoms with Gasteiger partial charge in [-0.05, 0) is 24.3 Å². The van der Waals surface area contributed by atoms with E-state index in [1.807, 2.05) is 24.3 Å². The van der Waals surface area contributed by atoms with Crippen LogP contribution >= 0.6 is 23.5 Å². The SMILES string of the molecule is NC1=CC2Sc3cc(N)c(N)cc3SC2C=C1N. The molecule has 6 heteroatoms. The van der Waals surface area contributed by atoms with E-state index < -0.39 is 0 Å². The van der Waals surface area contributed by atoms with Crippen molar-refractivity contribution in [3.63, 3.8) is 0 Å². The predicted molar refractivity (Wildman–Crippen MR) is 79.1 cm³/mol. The molecule has 8 N–H and O–H groups in total. The summed E-state index contributed by atoms with van der Waals surface area (Å²) in [6.45, 7) is 0. The number of benzene rings is 1. The summed E-state index contributed by atoms with van der Waals surface area (Å²) in [4.78, 5) is 2.32. The molecule has 0 amide bonds. The van der Waals surface area contributed by atoms with Gasteiger partial charge in [-0.2, -0.15) is 0 Å². The molecule has 0 bridgehead atoms. The lowest BCUT2D eigenvalue weighted by atomic mass is 10.1. The van der Waals surface area contributed by atoms with Gasteiger partial charge < -0.3 is 22.9 Å². The van der Waals surface area contributed by atoms with Crippen LogP contribution in [-0.4, -0.2) is 10.5 Å². The Kier molecular flexibility index (Phi) is 2.64. The second-order valence-electron chi connectivity index (χ2n) is 4.34. The molecule has 0 spiro atoms. The molecule has 0 aromatic heterocycles. The van der Waals surface area contributed by atoms with Crippen molar-refractivity contribution in [2.24, 2.45) is 11.5 Å². The minimum Gasteiger partial charge on any atom is -0.397 e. The average Bonchev–Trinajstić information content (AvgIpc) is 2.31. The van der Waals surface area contributed by atoms with Crippen molar-refractivity contribution in [2.45, 2.75) is 20.3 Å². The number of nitrogens with two attached hydrogens (primary N) is 4. The third-order valence-electron chi connectivity index (χ3n) is 3.02. The maximum absolute atomic E-state index is 5.86. The van der Waals surface area contributed by atoms with E-state index in [-0.39, 0.29) is 0 Å². The van der Waals surface area contributed by atoms with Gasteiger partial charge in [0.15, 0.2) is 0 Å². The lowest BCUT2D eigenvalue weighted by molar-refractivity contribution is 0.984. The van der Waals surface area contributed by atoms with Crippen LogP contribution in [-0.2, 0) is 0 Å². The Hall–Kier alpha value is -1.40. The van der Waals surface area contributed by atoms with Crippen LogP contribution in [0.5, 0.6) is 0 Å². The van der Waals surface area contributed by atoms with Crippen molar-refractivity contribution in [3.8, 4) is 0 Å². The number of thioether (sulfide) groups is 2. The van der Waals surface area contributed by atoms with E-state index >= 15 is 0 Å². The molecule has 1 aliphatic carbocycles. The predicted octanol–water partition coefficient (Wildman–Crippen LogP) is 1.48. The first-order valence-electron chi connectivity index (χ1n) is 5.52. The van der Waals surface area contributed by atoms with Crippen molar-refractivity contribution in [2.75, 3.05) is 11.5 Å². The largest absolute Gasteiger partial charge is 0.397 e. The minimum absolute atomic E-state index is 0.304. The molecule has 0 saturated heterocycles. The van der Waals surface area contributed by atoms with Gasteiger partial charge >= 0.3 is 0 Å². The first kappa shape index (κ1) is 11.7. The summed E-state index contributed by atoms with van der Waals surface area (Å²) in [7, 11) is 0. The van der Waals surface area contributed by atoms with E-state index in [4.69, 9.17) is 22.9 Å². The Morgan fingerprint density at radius 1 is 0.722 bits per heavy atom. The number of rotatable bonds is 0. The molecule has 4 nitrogen and oxygen atoms in total. The Balaban J connectivity index is 2.01. The fourth-order valence-corrected chi connectivity index (χ4v) is 4.81. The number of hydrogen-bond acceptors (Lipinski definition) is 6. The molecule has 1 heterocycles. The molecule has 2 unspecified atom stereocenters. The van der Waals surface area contributed by atoms with Gasteiger partial charge in [-0.3, -0.25) is 0 Å². The molecular formula is C12H14N4S2. The minimum atomic E-state index is 0.304. The maximum atomic E-state index is 5.86. The summed E-state index contributed by atoms with van der Waals surface area (Å²) in [6, 6.07) is 3.87. The second-order valence-corrected chi connectivity index (χ2v) is 6.78. The van der Waals surface area contributed by atoms with Crippen molar-refractivity contribution in [1.29, 1.82) is 0 Å². The Labute approximate surface area is 114 Å². The fraction of sp³-hybridized carbons (Fsp3) is 0.167. The summed E-state index contributed by atoms with van der Waals surface area (Å²) in [5.74, 6) is 0. The van der Waals surface area contributed by atoms with Gasteiger partial charge in [-0.25, -0.2) is 0 Å². The van der Waals surface area contributed by atoms with Crippen molar-refractivity contribution in [1.82, 2.24) is 0 Å². The van der Waals surface area contributed by atoms with Crippen LogP contribution in [0, 0.1) is 0 Å². The fourth-order valence-electron chi connectivity index (χ4n) is 2.01. The van der Waals surface area contributed by atoms with Gasteiger partial charge in [-0.15, -0.1) is 23.5 Å². The van der Waals surface area contributed by atoms with Crippen LogP contribution in [0.2, 0.25) is 0 Å². The molecule has 2 atom stereocenters. The van der Waals surface area contributed by atoms with Gasteiger partial charge in [0.25, 0.3) is 0 Å². The number of fused-ring (bicyclic) bond motifs is 2. The van der Waals surface area contributed by atoms with Crippen LogP contribution in [0.25, 0.3) is 0 Å². The highest BCUT2D eigenvalue weighted by atomic mass is 32.2. The molecule has 1 aliphatic heterocycles. The molecule has 3 rings (SSSR count). The van der Waals surface area contributed by atoms with Gasteiger partial charge in [0.05, 0.1) is 22.8 Å². The summed E-state index contributed by atoms with van der Waals surface area (Å²) in [6.07, 6.45) is 4.04. The quantitative estimate of drug-likeness (QED) is 0.536. The second kappa shape index (κ2) is 4.07. The molecule has 2 aliphatic rings. The lowest BCUT2D eigenvalue weighted by Crippen LogP contribution is -2.28. The van der Waals surface area contributed by atoms with E-state index in [9.17, 15) is 0 Å². The van der Waals surface area contributed by atoms with E-state index in [1.165, 1.54) is 0 Å². The van der Waals surface area contributed by atoms with E-state index in [0.29, 0.717) is 33.3 Å². The third-order valence-corrected chi connectivity index (χ3v) is 5.91. The standard InChI is InChI=1S/C12H14N4S2/c13-5-1-9-10(2-6(5)14)18-12-4-8(16)7(15)3-11(12)17-9/h1-4,9-10H,13-16H2. The first-order chi connectivity index (χ1) is 8.54. The normalized spacial score (nSPS) is 25.8. The smallest absolute Gasteiger partial charge is 0.0559 e. The summed E-state index contributed by atoms with van der Waals surface area (Å²) in [5, 5.41) is 0.607. The summed E-state index contributed by atoms with van der Waals surface area (Å²) >= 11 is 3.51. The van der Waals surface area contributed by atoms with Gasteiger partial charge in [0, 0.05) is 20.3 Å². The Morgan fingerprint density at radius 3 is 1.50 bits per heavy atom. The number of hydrogen-bond donors (Lipinski definition) is 4. The zero-order valence-electron chi connectivity index (χ0n) is 9.59. The molecule has 18 heavy (non-hydrogen) atoms. The molecular weight excluding hydrogens is 264 g/mol. The highest BCUT2D eigenvalue weighted by molar-refractivity contribution is 8.06. The van der Waals surface area contributed by atoms with E-state index in [1.54, 1.807) is 23.5 Å². The van der Waals surface area contributed by atoms with Crippen LogP contribution < -0.4 is 22.9 Å². The maximum Gasteiger partial charge on any atom is 0.0559 e. The first-order valence-corrected chi connectivity index (χ1v) is 7.28.